The van der Waals surface area contributed by atoms with Gasteiger partial charge in [0.15, 0.2) is 0 Å². The van der Waals surface area contributed by atoms with Crippen molar-refractivity contribution in [3.63, 3.8) is 0 Å². The Morgan fingerprint density at radius 1 is 1.35 bits per heavy atom. The van der Waals surface area contributed by atoms with Gasteiger partial charge in [0.05, 0.1) is 16.5 Å². The molecule has 1 aromatic carbocycles. The second kappa shape index (κ2) is 6.47. The molecule has 1 unspecified atom stereocenters. The maximum Gasteiger partial charge on any atom is 0.264 e. The molecule has 0 aliphatic carbocycles. The van der Waals surface area contributed by atoms with E-state index in [0.717, 1.165) is 5.56 Å². The number of thiophene rings is 1. The largest absolute Gasteiger partial charge is 0.366 e. The van der Waals surface area contributed by atoms with E-state index in [4.69, 9.17) is 5.73 Å². The van der Waals surface area contributed by atoms with Gasteiger partial charge < -0.3 is 16.0 Å². The number of amides is 2. The molecule has 1 saturated heterocycles. The van der Waals surface area contributed by atoms with Gasteiger partial charge in [-0.25, -0.2) is 4.39 Å². The Balaban J connectivity index is 1.88. The summed E-state index contributed by atoms with van der Waals surface area (Å²) >= 11 is 1.19. The number of piperazine rings is 1. The van der Waals surface area contributed by atoms with Crippen LogP contribution in [0.5, 0.6) is 0 Å². The Morgan fingerprint density at radius 3 is 2.87 bits per heavy atom. The molecule has 3 rings (SSSR count). The Labute approximate surface area is 136 Å². The molecule has 1 fully saturated rings. The van der Waals surface area contributed by atoms with Crippen molar-refractivity contribution < 1.29 is 14.0 Å². The summed E-state index contributed by atoms with van der Waals surface area (Å²) in [4.78, 5) is 26.1. The van der Waals surface area contributed by atoms with Crippen LogP contribution in [0.15, 0.2) is 35.7 Å². The van der Waals surface area contributed by atoms with Crippen LogP contribution in [0.4, 0.5) is 4.39 Å². The van der Waals surface area contributed by atoms with Crippen molar-refractivity contribution in [3.05, 3.63) is 57.5 Å². The number of nitrogens with one attached hydrogen (secondary N) is 1. The summed E-state index contributed by atoms with van der Waals surface area (Å²) in [6.07, 6.45) is 0. The van der Waals surface area contributed by atoms with Crippen LogP contribution in [-0.4, -0.2) is 36.3 Å². The fraction of sp³-hybridized carbons (Fsp3) is 0.250. The van der Waals surface area contributed by atoms with Crippen molar-refractivity contribution in [2.45, 2.75) is 6.04 Å². The average Bonchev–Trinajstić information content (AvgIpc) is 3.04. The van der Waals surface area contributed by atoms with Crippen molar-refractivity contribution in [1.29, 1.82) is 0 Å². The van der Waals surface area contributed by atoms with E-state index in [1.165, 1.54) is 29.5 Å². The van der Waals surface area contributed by atoms with Crippen LogP contribution in [0.25, 0.3) is 0 Å². The van der Waals surface area contributed by atoms with E-state index in [9.17, 15) is 14.0 Å². The van der Waals surface area contributed by atoms with Crippen LogP contribution in [0.1, 0.15) is 31.6 Å². The number of hydrogen-bond acceptors (Lipinski definition) is 4. The van der Waals surface area contributed by atoms with E-state index in [1.54, 1.807) is 16.3 Å². The summed E-state index contributed by atoms with van der Waals surface area (Å²) in [6.45, 7) is 1.75. The lowest BCUT2D eigenvalue weighted by atomic mass is 10.0. The first kappa shape index (κ1) is 15.6. The summed E-state index contributed by atoms with van der Waals surface area (Å²) in [6, 6.07) is 7.54. The van der Waals surface area contributed by atoms with Gasteiger partial charge in [0.1, 0.15) is 5.82 Å². The van der Waals surface area contributed by atoms with Gasteiger partial charge in [-0.3, -0.25) is 9.59 Å². The SMILES string of the molecule is NC(=O)c1csc(C(=O)N2CCNCC2c2cccc(F)c2)c1. The molecule has 7 heteroatoms. The maximum atomic E-state index is 13.5. The minimum absolute atomic E-state index is 0.168. The number of carbonyl (C=O) groups is 2. The summed E-state index contributed by atoms with van der Waals surface area (Å²) in [7, 11) is 0. The van der Waals surface area contributed by atoms with Gasteiger partial charge >= 0.3 is 0 Å². The highest BCUT2D eigenvalue weighted by atomic mass is 32.1. The predicted octanol–water partition coefficient (Wildman–Crippen LogP) is 1.77. The average molecular weight is 333 g/mol. The fourth-order valence-electron chi connectivity index (χ4n) is 2.68. The maximum absolute atomic E-state index is 13.5. The number of hydrogen-bond donors (Lipinski definition) is 2. The van der Waals surface area contributed by atoms with Gasteiger partial charge in [-0.15, -0.1) is 11.3 Å². The van der Waals surface area contributed by atoms with Crippen LogP contribution in [0.3, 0.4) is 0 Å². The third kappa shape index (κ3) is 3.25. The zero-order valence-electron chi connectivity index (χ0n) is 12.3. The molecule has 23 heavy (non-hydrogen) atoms. The number of primary amides is 1. The van der Waals surface area contributed by atoms with Crippen LogP contribution in [0.2, 0.25) is 0 Å². The molecule has 5 nitrogen and oxygen atoms in total. The number of benzene rings is 1. The monoisotopic (exact) mass is 333 g/mol. The molecule has 0 saturated carbocycles. The van der Waals surface area contributed by atoms with Gasteiger partial charge in [0, 0.05) is 25.0 Å². The minimum atomic E-state index is -0.553. The first-order valence-corrected chi connectivity index (χ1v) is 8.09. The van der Waals surface area contributed by atoms with Crippen molar-refractivity contribution >= 4 is 23.2 Å². The molecule has 0 spiro atoms. The number of halogens is 1. The standard InChI is InChI=1S/C16H16FN3O2S/c17-12-3-1-2-10(6-12)13-8-19-4-5-20(13)16(22)14-7-11(9-23-14)15(18)21/h1-3,6-7,9,13,19H,4-5,8H2,(H2,18,21). The molecular weight excluding hydrogens is 317 g/mol. The number of nitrogens with two attached hydrogens (primary N) is 1. The van der Waals surface area contributed by atoms with E-state index in [0.29, 0.717) is 30.1 Å². The molecule has 0 radical (unpaired) electrons. The third-order valence-corrected chi connectivity index (χ3v) is 4.75. The van der Waals surface area contributed by atoms with Crippen molar-refractivity contribution in [1.82, 2.24) is 10.2 Å². The number of rotatable bonds is 3. The highest BCUT2D eigenvalue weighted by Gasteiger charge is 2.29. The lowest BCUT2D eigenvalue weighted by molar-refractivity contribution is 0.0639. The van der Waals surface area contributed by atoms with Gasteiger partial charge in [0.25, 0.3) is 5.91 Å². The Hall–Kier alpha value is -2.25. The fourth-order valence-corrected chi connectivity index (χ4v) is 3.53. The van der Waals surface area contributed by atoms with Crippen LogP contribution < -0.4 is 11.1 Å². The zero-order valence-corrected chi connectivity index (χ0v) is 13.1. The molecule has 1 aromatic heterocycles. The molecule has 1 aliphatic heterocycles. The van der Waals surface area contributed by atoms with Crippen molar-refractivity contribution in [2.75, 3.05) is 19.6 Å². The quantitative estimate of drug-likeness (QED) is 0.899. The lowest BCUT2D eigenvalue weighted by Crippen LogP contribution is -2.48. The highest BCUT2D eigenvalue weighted by Crippen LogP contribution is 2.26. The molecule has 1 aliphatic rings. The molecule has 3 N–H and O–H groups in total. The number of nitrogens with zero attached hydrogens (tertiary/aromatic N) is 1. The molecular formula is C16H16FN3O2S. The zero-order chi connectivity index (χ0) is 16.4. The van der Waals surface area contributed by atoms with E-state index >= 15 is 0 Å². The van der Waals surface area contributed by atoms with Gasteiger partial charge in [-0.2, -0.15) is 0 Å². The van der Waals surface area contributed by atoms with Crippen molar-refractivity contribution in [3.8, 4) is 0 Å². The summed E-state index contributed by atoms with van der Waals surface area (Å²) in [5.41, 5.74) is 6.31. The second-order valence-electron chi connectivity index (χ2n) is 5.34. The third-order valence-electron chi connectivity index (χ3n) is 3.83. The van der Waals surface area contributed by atoms with E-state index in [1.807, 2.05) is 6.07 Å². The first-order chi connectivity index (χ1) is 11.1. The molecule has 2 aromatic rings. The van der Waals surface area contributed by atoms with Gasteiger partial charge in [-0.1, -0.05) is 12.1 Å². The Bertz CT molecular complexity index is 746. The minimum Gasteiger partial charge on any atom is -0.366 e. The van der Waals surface area contributed by atoms with Crippen LogP contribution in [0, 0.1) is 5.82 Å². The smallest absolute Gasteiger partial charge is 0.264 e. The highest BCUT2D eigenvalue weighted by molar-refractivity contribution is 7.12. The van der Waals surface area contributed by atoms with Gasteiger partial charge in [0.2, 0.25) is 5.91 Å². The lowest BCUT2D eigenvalue weighted by Gasteiger charge is -2.36. The second-order valence-corrected chi connectivity index (χ2v) is 6.25. The normalized spacial score (nSPS) is 18.0. The molecule has 1 atom stereocenters. The van der Waals surface area contributed by atoms with E-state index in [-0.39, 0.29) is 17.8 Å². The van der Waals surface area contributed by atoms with E-state index < -0.39 is 5.91 Å². The molecule has 120 valence electrons. The van der Waals surface area contributed by atoms with E-state index in [2.05, 4.69) is 5.32 Å². The Morgan fingerprint density at radius 2 is 2.17 bits per heavy atom. The predicted molar refractivity (Wildman–Crippen MR) is 85.9 cm³/mol. The summed E-state index contributed by atoms with van der Waals surface area (Å²) in [5, 5.41) is 4.80. The molecule has 2 amide bonds. The summed E-state index contributed by atoms with van der Waals surface area (Å²) < 4.78 is 13.5. The van der Waals surface area contributed by atoms with Crippen LogP contribution >= 0.6 is 11.3 Å². The van der Waals surface area contributed by atoms with Gasteiger partial charge in [-0.05, 0) is 23.8 Å². The topological polar surface area (TPSA) is 75.4 Å². The Kier molecular flexibility index (Phi) is 4.40. The van der Waals surface area contributed by atoms with Crippen molar-refractivity contribution in [2.24, 2.45) is 5.73 Å². The number of carbonyl (C=O) groups excluding carboxylic acids is 2. The van der Waals surface area contributed by atoms with Crippen LogP contribution in [-0.2, 0) is 0 Å². The molecule has 2 heterocycles. The summed E-state index contributed by atoms with van der Waals surface area (Å²) in [5.74, 6) is -1.05. The first-order valence-electron chi connectivity index (χ1n) is 7.22. The molecule has 0 bridgehead atoms.